The maximum atomic E-state index is 9.60. The molecule has 1 saturated heterocycles. The van der Waals surface area contributed by atoms with Crippen LogP contribution in [0.3, 0.4) is 0 Å². The molecule has 2 aromatic carbocycles. The Morgan fingerprint density at radius 2 is 1.79 bits per heavy atom. The Balaban J connectivity index is 1.51. The minimum atomic E-state index is 0.511. The van der Waals surface area contributed by atoms with Gasteiger partial charge in [0.15, 0.2) is 5.84 Å². The van der Waals surface area contributed by atoms with E-state index in [9.17, 15) is 5.21 Å². The number of fused-ring (bicyclic) bond motifs is 1. The summed E-state index contributed by atoms with van der Waals surface area (Å²) in [4.78, 5) is 6.55. The van der Waals surface area contributed by atoms with Gasteiger partial charge in [-0.15, -0.1) is 0 Å². The van der Waals surface area contributed by atoms with E-state index >= 15 is 0 Å². The van der Waals surface area contributed by atoms with Gasteiger partial charge in [-0.25, -0.2) is 4.98 Å². The van der Waals surface area contributed by atoms with Crippen LogP contribution in [0.2, 0.25) is 0 Å². The van der Waals surface area contributed by atoms with E-state index in [4.69, 9.17) is 4.74 Å². The molecular weight excluding hydrogens is 350 g/mol. The molecule has 0 saturated carbocycles. The third-order valence-corrected chi connectivity index (χ3v) is 5.20. The van der Waals surface area contributed by atoms with Gasteiger partial charge in [0, 0.05) is 30.9 Å². The summed E-state index contributed by atoms with van der Waals surface area (Å²) in [6.45, 7) is 6.24. The Morgan fingerprint density at radius 1 is 1.04 bits per heavy atom. The summed E-state index contributed by atoms with van der Waals surface area (Å²) in [6, 6.07) is 17.8. The summed E-state index contributed by atoms with van der Waals surface area (Å²) in [5, 5.41) is 15.5. The smallest absolute Gasteiger partial charge is 0.219 e. The van der Waals surface area contributed by atoms with Gasteiger partial charge in [0.25, 0.3) is 0 Å². The van der Waals surface area contributed by atoms with E-state index in [1.165, 1.54) is 11.8 Å². The number of amidine groups is 1. The molecule has 2 unspecified atom stereocenters. The summed E-state index contributed by atoms with van der Waals surface area (Å²) < 4.78 is 5.91. The Labute approximate surface area is 165 Å². The second kappa shape index (κ2) is 7.89. The number of nitrogens with zero attached hydrogens (tertiary/aromatic N) is 3. The van der Waals surface area contributed by atoms with Gasteiger partial charge in [-0.1, -0.05) is 49.3 Å². The van der Waals surface area contributed by atoms with Gasteiger partial charge in [-0.05, 0) is 47.2 Å². The average molecular weight is 375 g/mol. The predicted molar refractivity (Wildman–Crippen MR) is 111 cm³/mol. The van der Waals surface area contributed by atoms with Crippen LogP contribution in [0.1, 0.15) is 25.8 Å². The molecule has 4 rings (SSSR count). The first-order valence-electron chi connectivity index (χ1n) is 9.72. The lowest BCUT2D eigenvalue weighted by molar-refractivity contribution is 0.204. The summed E-state index contributed by atoms with van der Waals surface area (Å²) in [5.41, 5.74) is 0.787. The number of piperidine rings is 1. The van der Waals surface area contributed by atoms with Crippen LogP contribution >= 0.6 is 0 Å². The lowest BCUT2D eigenvalue weighted by Crippen LogP contribution is -2.43. The van der Waals surface area contributed by atoms with Crippen LogP contribution < -0.4 is 4.74 Å². The fourth-order valence-corrected chi connectivity index (χ4v) is 4.06. The number of pyridine rings is 1. The highest BCUT2D eigenvalue weighted by Crippen LogP contribution is 2.26. The Bertz CT molecular complexity index is 975. The number of hydrogen-bond donors (Lipinski definition) is 1. The van der Waals surface area contributed by atoms with Crippen LogP contribution in [0.4, 0.5) is 0 Å². The number of rotatable bonds is 3. The van der Waals surface area contributed by atoms with Crippen LogP contribution in [-0.2, 0) is 0 Å². The van der Waals surface area contributed by atoms with Crippen LogP contribution in [0.25, 0.3) is 10.8 Å². The van der Waals surface area contributed by atoms with E-state index < -0.39 is 0 Å². The molecule has 0 radical (unpaired) electrons. The summed E-state index contributed by atoms with van der Waals surface area (Å²) in [6.07, 6.45) is 2.90. The molecule has 0 bridgehead atoms. The average Bonchev–Trinajstić information content (AvgIpc) is 2.69. The molecule has 5 heteroatoms. The molecular formula is C23H25N3O2. The highest BCUT2D eigenvalue weighted by molar-refractivity contribution is 5.98. The molecule has 1 N–H and O–H groups in total. The van der Waals surface area contributed by atoms with Gasteiger partial charge < -0.3 is 14.8 Å². The summed E-state index contributed by atoms with van der Waals surface area (Å²) in [7, 11) is 0. The Kier molecular flexibility index (Phi) is 5.15. The maximum Gasteiger partial charge on any atom is 0.219 e. The van der Waals surface area contributed by atoms with E-state index in [1.807, 2.05) is 42.5 Å². The van der Waals surface area contributed by atoms with Crippen molar-refractivity contribution in [1.29, 1.82) is 0 Å². The monoisotopic (exact) mass is 375 g/mol. The zero-order chi connectivity index (χ0) is 19.5. The molecule has 1 aliphatic heterocycles. The number of hydrogen-bond acceptors (Lipinski definition) is 4. The molecule has 1 aliphatic rings. The minimum absolute atomic E-state index is 0.511. The number of aromatic nitrogens is 1. The third kappa shape index (κ3) is 3.93. The van der Waals surface area contributed by atoms with Gasteiger partial charge in [-0.2, -0.15) is 0 Å². The molecule has 0 spiro atoms. The lowest BCUT2D eigenvalue weighted by Gasteiger charge is -2.36. The quantitative estimate of drug-likeness (QED) is 0.298. The van der Waals surface area contributed by atoms with Crippen molar-refractivity contribution in [3.8, 4) is 11.6 Å². The van der Waals surface area contributed by atoms with E-state index in [1.54, 1.807) is 6.20 Å². The van der Waals surface area contributed by atoms with Gasteiger partial charge in [0.2, 0.25) is 5.88 Å². The van der Waals surface area contributed by atoms with Crippen LogP contribution in [0.5, 0.6) is 11.6 Å². The number of oxime groups is 1. The first-order chi connectivity index (χ1) is 13.6. The van der Waals surface area contributed by atoms with Crippen LogP contribution in [-0.4, -0.2) is 34.0 Å². The molecule has 1 fully saturated rings. The molecule has 3 aromatic rings. The number of ether oxygens (including phenoxy) is 1. The number of likely N-dealkylation sites (tertiary alicyclic amines) is 1. The molecule has 0 amide bonds. The van der Waals surface area contributed by atoms with Crippen molar-refractivity contribution in [3.63, 3.8) is 0 Å². The van der Waals surface area contributed by atoms with E-state index in [2.05, 4.69) is 41.0 Å². The maximum absolute atomic E-state index is 9.60. The highest BCUT2D eigenvalue weighted by Gasteiger charge is 2.25. The van der Waals surface area contributed by atoms with Crippen molar-refractivity contribution >= 4 is 16.6 Å². The summed E-state index contributed by atoms with van der Waals surface area (Å²) in [5.74, 6) is 2.97. The van der Waals surface area contributed by atoms with Crippen LogP contribution in [0.15, 0.2) is 65.9 Å². The Morgan fingerprint density at radius 3 is 2.46 bits per heavy atom. The largest absolute Gasteiger partial charge is 0.439 e. The van der Waals surface area contributed by atoms with E-state index in [0.29, 0.717) is 23.6 Å². The SMILES string of the molecule is CC1CC(C)CN(/C(=N\O)c2ccc(Oc3ccc4ccccc4c3)nc2)C1. The van der Waals surface area contributed by atoms with Gasteiger partial charge in [0.05, 0.1) is 0 Å². The fraction of sp³-hybridized carbons (Fsp3) is 0.304. The zero-order valence-electron chi connectivity index (χ0n) is 16.2. The Hall–Kier alpha value is -3.08. The van der Waals surface area contributed by atoms with Crippen molar-refractivity contribution in [2.75, 3.05) is 13.1 Å². The standard InChI is InChI=1S/C23H25N3O2/c1-16-11-17(2)15-26(14-16)23(25-27)20-8-10-22(24-13-20)28-21-9-7-18-5-3-4-6-19(18)12-21/h3-10,12-13,16-17,27H,11,14-15H2,1-2H3/b25-23-. The minimum Gasteiger partial charge on any atom is -0.439 e. The second-order valence-corrected chi connectivity index (χ2v) is 7.77. The van der Waals surface area contributed by atoms with Crippen LogP contribution in [0, 0.1) is 11.8 Å². The number of benzene rings is 2. The summed E-state index contributed by atoms with van der Waals surface area (Å²) >= 11 is 0. The molecule has 2 heterocycles. The molecule has 144 valence electrons. The van der Waals surface area contributed by atoms with Crippen molar-refractivity contribution in [1.82, 2.24) is 9.88 Å². The molecule has 2 atom stereocenters. The van der Waals surface area contributed by atoms with E-state index in [-0.39, 0.29) is 0 Å². The molecule has 0 aliphatic carbocycles. The zero-order valence-corrected chi connectivity index (χ0v) is 16.2. The lowest BCUT2D eigenvalue weighted by atomic mass is 9.91. The van der Waals surface area contributed by atoms with Crippen molar-refractivity contribution in [2.45, 2.75) is 20.3 Å². The van der Waals surface area contributed by atoms with Gasteiger partial charge in [-0.3, -0.25) is 0 Å². The topological polar surface area (TPSA) is 58.0 Å². The van der Waals surface area contributed by atoms with Crippen molar-refractivity contribution in [2.24, 2.45) is 17.0 Å². The predicted octanol–water partition coefficient (Wildman–Crippen LogP) is 5.14. The normalized spacial score (nSPS) is 20.4. The molecule has 1 aromatic heterocycles. The second-order valence-electron chi connectivity index (χ2n) is 7.77. The third-order valence-electron chi connectivity index (χ3n) is 5.20. The van der Waals surface area contributed by atoms with Crippen molar-refractivity contribution < 1.29 is 9.94 Å². The van der Waals surface area contributed by atoms with E-state index in [0.717, 1.165) is 29.8 Å². The first kappa shape index (κ1) is 18.3. The fourth-order valence-electron chi connectivity index (χ4n) is 4.06. The molecule has 5 nitrogen and oxygen atoms in total. The van der Waals surface area contributed by atoms with Crippen molar-refractivity contribution in [3.05, 3.63) is 66.4 Å². The molecule has 28 heavy (non-hydrogen) atoms. The highest BCUT2D eigenvalue weighted by atomic mass is 16.5. The van der Waals surface area contributed by atoms with Gasteiger partial charge in [0.1, 0.15) is 5.75 Å². The first-order valence-corrected chi connectivity index (χ1v) is 9.72. The van der Waals surface area contributed by atoms with Gasteiger partial charge >= 0.3 is 0 Å².